The summed E-state index contributed by atoms with van der Waals surface area (Å²) in [4.78, 5) is 23.7. The number of amides is 2. The van der Waals surface area contributed by atoms with Gasteiger partial charge in [0.25, 0.3) is 5.91 Å². The summed E-state index contributed by atoms with van der Waals surface area (Å²) in [5.41, 5.74) is 3.14. The molecule has 0 fully saturated rings. The zero-order valence-electron chi connectivity index (χ0n) is 13.5. The number of rotatable bonds is 4. The van der Waals surface area contributed by atoms with Crippen molar-refractivity contribution in [3.8, 4) is 0 Å². The Bertz CT molecular complexity index is 937. The molecule has 0 spiro atoms. The second-order valence-corrected chi connectivity index (χ2v) is 7.57. The Morgan fingerprint density at radius 2 is 1.72 bits per heavy atom. The molecule has 8 heteroatoms. The number of nitrogens with one attached hydrogen (secondary N) is 3. The number of hydrogen-bond donors (Lipinski definition) is 3. The molecule has 1 aliphatic rings. The first kappa shape index (κ1) is 17.0. The van der Waals surface area contributed by atoms with Gasteiger partial charge in [-0.25, -0.2) is 8.42 Å². The third-order valence-corrected chi connectivity index (χ3v) is 4.32. The quantitative estimate of drug-likeness (QED) is 0.778. The minimum Gasteiger partial charge on any atom is -0.326 e. The Kier molecular flexibility index (Phi) is 4.45. The van der Waals surface area contributed by atoms with E-state index in [1.54, 1.807) is 42.5 Å². The van der Waals surface area contributed by atoms with Crippen LogP contribution in [0.25, 0.3) is 0 Å². The standard InChI is InChI=1S/C17H17N3O4S/c1-25(23,24)20-14-6-4-13(5-7-14)18-17(22)12-2-8-15-11(10-12)3-9-16(21)19-15/h2,4-8,10,20H,3,9H2,1H3,(H,18,22)(H,19,21). The van der Waals surface area contributed by atoms with E-state index in [0.717, 1.165) is 17.5 Å². The van der Waals surface area contributed by atoms with Gasteiger partial charge in [-0.1, -0.05) is 0 Å². The van der Waals surface area contributed by atoms with E-state index >= 15 is 0 Å². The van der Waals surface area contributed by atoms with Crippen LogP contribution in [-0.2, 0) is 21.2 Å². The molecule has 130 valence electrons. The van der Waals surface area contributed by atoms with Crippen LogP contribution in [0.4, 0.5) is 17.1 Å². The van der Waals surface area contributed by atoms with E-state index in [2.05, 4.69) is 15.4 Å². The van der Waals surface area contributed by atoms with Crippen molar-refractivity contribution in [2.45, 2.75) is 12.8 Å². The molecule has 25 heavy (non-hydrogen) atoms. The highest BCUT2D eigenvalue weighted by molar-refractivity contribution is 7.92. The highest BCUT2D eigenvalue weighted by Crippen LogP contribution is 2.24. The van der Waals surface area contributed by atoms with Crippen molar-refractivity contribution in [2.24, 2.45) is 0 Å². The Labute approximate surface area is 145 Å². The Balaban J connectivity index is 1.71. The fraction of sp³-hybridized carbons (Fsp3) is 0.176. The van der Waals surface area contributed by atoms with E-state index in [-0.39, 0.29) is 11.8 Å². The number of fused-ring (bicyclic) bond motifs is 1. The van der Waals surface area contributed by atoms with E-state index < -0.39 is 10.0 Å². The maximum absolute atomic E-state index is 12.4. The molecule has 0 aromatic heterocycles. The third-order valence-electron chi connectivity index (χ3n) is 3.71. The first-order valence-corrected chi connectivity index (χ1v) is 9.51. The molecule has 2 amide bonds. The summed E-state index contributed by atoms with van der Waals surface area (Å²) >= 11 is 0. The predicted molar refractivity (Wildman–Crippen MR) is 96.3 cm³/mol. The van der Waals surface area contributed by atoms with Gasteiger partial charge in [-0.3, -0.25) is 14.3 Å². The molecule has 0 saturated heterocycles. The third kappa shape index (κ3) is 4.36. The van der Waals surface area contributed by atoms with Crippen molar-refractivity contribution in [3.05, 3.63) is 53.6 Å². The van der Waals surface area contributed by atoms with Crippen LogP contribution in [0.15, 0.2) is 42.5 Å². The highest BCUT2D eigenvalue weighted by atomic mass is 32.2. The maximum Gasteiger partial charge on any atom is 0.255 e. The predicted octanol–water partition coefficient (Wildman–Crippen LogP) is 2.20. The van der Waals surface area contributed by atoms with Gasteiger partial charge in [0.2, 0.25) is 15.9 Å². The number of carbonyl (C=O) groups is 2. The second kappa shape index (κ2) is 6.56. The monoisotopic (exact) mass is 359 g/mol. The summed E-state index contributed by atoms with van der Waals surface area (Å²) in [7, 11) is -3.34. The van der Waals surface area contributed by atoms with Crippen LogP contribution in [0.3, 0.4) is 0 Å². The van der Waals surface area contributed by atoms with Crippen LogP contribution in [0, 0.1) is 0 Å². The molecule has 3 rings (SSSR count). The largest absolute Gasteiger partial charge is 0.326 e. The Hall–Kier alpha value is -2.87. The lowest BCUT2D eigenvalue weighted by molar-refractivity contribution is -0.116. The minimum atomic E-state index is -3.34. The smallest absolute Gasteiger partial charge is 0.255 e. The lowest BCUT2D eigenvalue weighted by Gasteiger charge is -2.17. The number of anilines is 3. The fourth-order valence-electron chi connectivity index (χ4n) is 2.56. The van der Waals surface area contributed by atoms with E-state index in [0.29, 0.717) is 29.8 Å². The molecular weight excluding hydrogens is 342 g/mol. The molecule has 0 bridgehead atoms. The molecule has 1 heterocycles. The molecule has 0 radical (unpaired) electrons. The minimum absolute atomic E-state index is 0.0208. The van der Waals surface area contributed by atoms with Crippen molar-refractivity contribution in [1.82, 2.24) is 0 Å². The number of aryl methyl sites for hydroxylation is 1. The van der Waals surface area contributed by atoms with Crippen molar-refractivity contribution in [2.75, 3.05) is 21.6 Å². The summed E-state index contributed by atoms with van der Waals surface area (Å²) in [6.07, 6.45) is 2.09. The molecule has 7 nitrogen and oxygen atoms in total. The molecule has 2 aromatic rings. The van der Waals surface area contributed by atoms with Gasteiger partial charge in [-0.2, -0.15) is 0 Å². The molecule has 2 aromatic carbocycles. The van der Waals surface area contributed by atoms with Gasteiger partial charge in [-0.15, -0.1) is 0 Å². The summed E-state index contributed by atoms with van der Waals surface area (Å²) in [5, 5.41) is 5.53. The van der Waals surface area contributed by atoms with Crippen LogP contribution in [-0.4, -0.2) is 26.5 Å². The van der Waals surface area contributed by atoms with Crippen molar-refractivity contribution >= 4 is 38.9 Å². The molecule has 0 aliphatic carbocycles. The zero-order valence-corrected chi connectivity index (χ0v) is 14.3. The normalized spacial score (nSPS) is 13.6. The van der Waals surface area contributed by atoms with Crippen LogP contribution >= 0.6 is 0 Å². The zero-order chi connectivity index (χ0) is 18.0. The fourth-order valence-corrected chi connectivity index (χ4v) is 3.13. The van der Waals surface area contributed by atoms with E-state index in [9.17, 15) is 18.0 Å². The van der Waals surface area contributed by atoms with Crippen LogP contribution in [0.1, 0.15) is 22.3 Å². The van der Waals surface area contributed by atoms with Gasteiger partial charge in [0.05, 0.1) is 6.26 Å². The van der Waals surface area contributed by atoms with E-state index in [1.165, 1.54) is 0 Å². The SMILES string of the molecule is CS(=O)(=O)Nc1ccc(NC(=O)c2ccc3c(c2)CCC(=O)N3)cc1. The number of benzene rings is 2. The summed E-state index contributed by atoms with van der Waals surface area (Å²) < 4.78 is 24.7. The Morgan fingerprint density at radius 1 is 1.04 bits per heavy atom. The van der Waals surface area contributed by atoms with Gasteiger partial charge in [0, 0.05) is 29.0 Å². The highest BCUT2D eigenvalue weighted by Gasteiger charge is 2.16. The average molecular weight is 359 g/mol. The maximum atomic E-state index is 12.4. The second-order valence-electron chi connectivity index (χ2n) is 5.83. The first-order valence-electron chi connectivity index (χ1n) is 7.62. The van der Waals surface area contributed by atoms with Gasteiger partial charge in [0.15, 0.2) is 0 Å². The van der Waals surface area contributed by atoms with Gasteiger partial charge in [0.1, 0.15) is 0 Å². The Morgan fingerprint density at radius 3 is 2.40 bits per heavy atom. The molecule has 0 saturated carbocycles. The topological polar surface area (TPSA) is 104 Å². The molecular formula is C17H17N3O4S. The summed E-state index contributed by atoms with van der Waals surface area (Å²) in [6, 6.07) is 11.5. The molecule has 0 unspecified atom stereocenters. The number of hydrogen-bond acceptors (Lipinski definition) is 4. The van der Waals surface area contributed by atoms with Gasteiger partial charge >= 0.3 is 0 Å². The lowest BCUT2D eigenvalue weighted by Crippen LogP contribution is -2.20. The molecule has 3 N–H and O–H groups in total. The molecule has 0 atom stereocenters. The summed E-state index contributed by atoms with van der Waals surface area (Å²) in [6.45, 7) is 0. The van der Waals surface area contributed by atoms with E-state index in [4.69, 9.17) is 0 Å². The van der Waals surface area contributed by atoms with Crippen LogP contribution in [0.2, 0.25) is 0 Å². The number of carbonyl (C=O) groups excluding carboxylic acids is 2. The molecule has 1 aliphatic heterocycles. The van der Waals surface area contributed by atoms with Gasteiger partial charge < -0.3 is 10.6 Å². The number of sulfonamides is 1. The van der Waals surface area contributed by atoms with Crippen LogP contribution < -0.4 is 15.4 Å². The van der Waals surface area contributed by atoms with Gasteiger partial charge in [-0.05, 0) is 54.4 Å². The lowest BCUT2D eigenvalue weighted by atomic mass is 10.00. The van der Waals surface area contributed by atoms with Crippen molar-refractivity contribution < 1.29 is 18.0 Å². The van der Waals surface area contributed by atoms with E-state index in [1.807, 2.05) is 0 Å². The van der Waals surface area contributed by atoms with Crippen LogP contribution in [0.5, 0.6) is 0 Å². The average Bonchev–Trinajstić information content (AvgIpc) is 2.54. The van der Waals surface area contributed by atoms with Crippen molar-refractivity contribution in [3.63, 3.8) is 0 Å². The summed E-state index contributed by atoms with van der Waals surface area (Å²) in [5.74, 6) is -0.295. The first-order chi connectivity index (χ1) is 11.8. The van der Waals surface area contributed by atoms with Crippen molar-refractivity contribution in [1.29, 1.82) is 0 Å².